The van der Waals surface area contributed by atoms with Gasteiger partial charge in [0.1, 0.15) is 0 Å². The fraction of sp³-hybridized carbons (Fsp3) is 0. The van der Waals surface area contributed by atoms with Crippen LogP contribution in [0, 0.1) is 11.3 Å². The minimum absolute atomic E-state index is 0.468. The van der Waals surface area contributed by atoms with Gasteiger partial charge in [0.2, 0.25) is 0 Å². The van der Waals surface area contributed by atoms with Crippen LogP contribution in [0.1, 0.15) is 5.56 Å². The number of nitriles is 1. The molecule has 0 aliphatic carbocycles. The molecule has 0 aromatic heterocycles. The van der Waals surface area contributed by atoms with E-state index in [2.05, 4.69) is 6.07 Å². The van der Waals surface area contributed by atoms with Gasteiger partial charge in [-0.15, -0.1) is 0 Å². The number of nitrogens with zero attached hydrogens (tertiary/aromatic N) is 1. The van der Waals surface area contributed by atoms with Crippen molar-refractivity contribution in [2.75, 3.05) is 0 Å². The first-order valence-corrected chi connectivity index (χ1v) is 5.66. The summed E-state index contributed by atoms with van der Waals surface area (Å²) in [6, 6.07) is 9.92. The molecule has 0 spiro atoms. The van der Waals surface area contributed by atoms with Crippen molar-refractivity contribution in [3.8, 4) is 6.07 Å². The Morgan fingerprint density at radius 3 is 2.44 bits per heavy atom. The van der Waals surface area contributed by atoms with Gasteiger partial charge < -0.3 is 0 Å². The summed E-state index contributed by atoms with van der Waals surface area (Å²) in [5.41, 5.74) is 0.855. The molecule has 1 nitrogen and oxygen atoms in total. The van der Waals surface area contributed by atoms with Crippen LogP contribution in [-0.2, 0) is 0 Å². The number of rotatable bonds is 0. The predicted octanol–water partition coefficient (Wildman–Crippen LogP) is -0.451. The van der Waals surface area contributed by atoms with Crippen molar-refractivity contribution in [2.24, 2.45) is 0 Å². The summed E-state index contributed by atoms with van der Waals surface area (Å²) in [4.78, 5) is 0. The van der Waals surface area contributed by atoms with E-state index in [1.807, 2.05) is 24.3 Å². The van der Waals surface area contributed by atoms with E-state index in [1.54, 1.807) is 0 Å². The Bertz CT molecular complexity index is 249. The molecule has 2 heteroatoms. The molecule has 0 N–H and O–H groups in total. The average molecular weight is 224 g/mol. The monoisotopic (exact) mass is 225 g/mol. The van der Waals surface area contributed by atoms with Crippen LogP contribution >= 0.6 is 0 Å². The van der Waals surface area contributed by atoms with E-state index in [4.69, 9.17) is 5.26 Å². The van der Waals surface area contributed by atoms with E-state index in [1.165, 1.54) is 3.58 Å². The fourth-order valence-corrected chi connectivity index (χ4v) is 2.04. The topological polar surface area (TPSA) is 23.8 Å². The average Bonchev–Trinajstić information content (AvgIpc) is 1.89. The molecule has 1 aromatic carbocycles. The maximum absolute atomic E-state index is 8.50. The van der Waals surface area contributed by atoms with Gasteiger partial charge in [0, 0.05) is 0 Å². The van der Waals surface area contributed by atoms with Crippen LogP contribution in [0.5, 0.6) is 0 Å². The van der Waals surface area contributed by atoms with Crippen LogP contribution in [0.15, 0.2) is 24.3 Å². The first-order valence-electron chi connectivity index (χ1n) is 2.80. The Balaban J connectivity index is 3.20. The maximum atomic E-state index is 8.50. The molecule has 0 unspecified atom stereocenters. The molecule has 0 saturated carbocycles. The van der Waals surface area contributed by atoms with Gasteiger partial charge in [-0.1, -0.05) is 0 Å². The van der Waals surface area contributed by atoms with E-state index in [9.17, 15) is 0 Å². The van der Waals surface area contributed by atoms with Crippen molar-refractivity contribution in [3.63, 3.8) is 0 Å². The van der Waals surface area contributed by atoms with E-state index in [0.29, 0.717) is 22.5 Å². The summed E-state index contributed by atoms with van der Waals surface area (Å²) in [7, 11) is 0. The summed E-state index contributed by atoms with van der Waals surface area (Å²) >= 11 is 0.468. The third-order valence-electron chi connectivity index (χ3n) is 1.27. The Kier molecular flexibility index (Phi) is 2.12. The summed E-state index contributed by atoms with van der Waals surface area (Å²) in [5, 5.41) is 8.50. The molecule has 0 radical (unpaired) electrons. The Hall–Kier alpha value is -0.491. The van der Waals surface area contributed by atoms with Crippen molar-refractivity contribution in [3.05, 3.63) is 29.8 Å². The summed E-state index contributed by atoms with van der Waals surface area (Å²) in [6.07, 6.45) is 0. The van der Waals surface area contributed by atoms with Gasteiger partial charge in [-0.2, -0.15) is 0 Å². The molecule has 0 bridgehead atoms. The molecular weight excluding hydrogens is 217 g/mol. The molecule has 0 saturated heterocycles. The molecule has 0 heterocycles. The Morgan fingerprint density at radius 1 is 1.33 bits per heavy atom. The van der Waals surface area contributed by atoms with Crippen LogP contribution < -0.4 is 3.58 Å². The van der Waals surface area contributed by atoms with Gasteiger partial charge >= 0.3 is 67.3 Å². The minimum atomic E-state index is 0.468. The van der Waals surface area contributed by atoms with E-state index >= 15 is 0 Å². The Morgan fingerprint density at radius 2 is 2.00 bits per heavy atom. The normalized spacial score (nSPS) is 8.78. The second kappa shape index (κ2) is 2.88. The molecule has 0 fully saturated rings. The summed E-state index contributed by atoms with van der Waals surface area (Å²) in [5.74, 6) is 0. The van der Waals surface area contributed by atoms with Crippen LogP contribution in [-0.4, -0.2) is 22.5 Å². The standard InChI is InChI=1S/C7H4N.Sn.3H/c8-6-7-4-2-1-3-5-7;;;;/h1-4H;;;;. The zero-order valence-electron chi connectivity index (χ0n) is 5.26. The van der Waals surface area contributed by atoms with Crippen LogP contribution in [0.2, 0.25) is 0 Å². The zero-order chi connectivity index (χ0) is 6.69. The van der Waals surface area contributed by atoms with Crippen LogP contribution in [0.3, 0.4) is 0 Å². The van der Waals surface area contributed by atoms with E-state index < -0.39 is 0 Å². The molecule has 44 valence electrons. The first-order chi connectivity index (χ1) is 4.34. The summed E-state index contributed by atoms with van der Waals surface area (Å²) < 4.78 is 1.25. The second-order valence-corrected chi connectivity index (χ2v) is 5.00. The van der Waals surface area contributed by atoms with E-state index in [-0.39, 0.29) is 0 Å². The van der Waals surface area contributed by atoms with Crippen molar-refractivity contribution in [1.82, 2.24) is 0 Å². The molecular formula is C7H7NSn. The van der Waals surface area contributed by atoms with Gasteiger partial charge in [0.15, 0.2) is 0 Å². The first kappa shape index (κ1) is 6.63. The second-order valence-electron chi connectivity index (χ2n) is 1.93. The third-order valence-corrected chi connectivity index (χ3v) is 3.75. The summed E-state index contributed by atoms with van der Waals surface area (Å²) in [6.45, 7) is 0. The number of hydrogen-bond acceptors (Lipinski definition) is 1. The molecule has 0 aliphatic rings. The molecule has 0 atom stereocenters. The molecule has 0 aliphatic heterocycles. The van der Waals surface area contributed by atoms with Crippen molar-refractivity contribution in [1.29, 1.82) is 5.26 Å². The zero-order valence-corrected chi connectivity index (χ0v) is 11.0. The van der Waals surface area contributed by atoms with Crippen molar-refractivity contribution < 1.29 is 0 Å². The molecule has 9 heavy (non-hydrogen) atoms. The van der Waals surface area contributed by atoms with Gasteiger partial charge in [-0.3, -0.25) is 0 Å². The van der Waals surface area contributed by atoms with Gasteiger partial charge in [0.05, 0.1) is 0 Å². The van der Waals surface area contributed by atoms with Gasteiger partial charge in [0.25, 0.3) is 0 Å². The van der Waals surface area contributed by atoms with Gasteiger partial charge in [-0.25, -0.2) is 0 Å². The van der Waals surface area contributed by atoms with Gasteiger partial charge in [-0.05, 0) is 0 Å². The predicted molar refractivity (Wildman–Crippen MR) is 40.7 cm³/mol. The van der Waals surface area contributed by atoms with E-state index in [0.717, 1.165) is 5.56 Å². The third kappa shape index (κ3) is 1.46. The number of hydrogen-bond donors (Lipinski definition) is 0. The van der Waals surface area contributed by atoms with Crippen LogP contribution in [0.4, 0.5) is 0 Å². The molecule has 1 aromatic rings. The van der Waals surface area contributed by atoms with Crippen LogP contribution in [0.25, 0.3) is 0 Å². The quantitative estimate of drug-likeness (QED) is 0.547. The molecule has 0 amide bonds. The Labute approximate surface area is 67.4 Å². The van der Waals surface area contributed by atoms with Crippen molar-refractivity contribution >= 4 is 26.1 Å². The fourth-order valence-electron chi connectivity index (χ4n) is 0.698. The number of benzene rings is 1. The molecule has 1 rings (SSSR count). The van der Waals surface area contributed by atoms with Crippen molar-refractivity contribution in [2.45, 2.75) is 0 Å². The SMILES string of the molecule is N#Cc1cccc[c]1[SnH3].